The summed E-state index contributed by atoms with van der Waals surface area (Å²) in [5, 5.41) is 3.19. The summed E-state index contributed by atoms with van der Waals surface area (Å²) in [5.74, 6) is 1.73. The Labute approximate surface area is 149 Å². The Kier molecular flexibility index (Phi) is 6.07. The molecule has 0 spiro atoms. The molecule has 0 aromatic rings. The molecule has 24 heavy (non-hydrogen) atoms. The first-order valence-electron chi connectivity index (χ1n) is 8.83. The van der Waals surface area contributed by atoms with Crippen molar-refractivity contribution in [1.82, 2.24) is 18.8 Å². The lowest BCUT2D eigenvalue weighted by Gasteiger charge is -2.39. The monoisotopic (exact) mass is 376 g/mol. The van der Waals surface area contributed by atoms with Gasteiger partial charge in [0.25, 0.3) is 10.2 Å². The van der Waals surface area contributed by atoms with Crippen LogP contribution >= 0.6 is 11.8 Å². The van der Waals surface area contributed by atoms with E-state index in [1.165, 1.54) is 6.42 Å². The summed E-state index contributed by atoms with van der Waals surface area (Å²) in [6, 6.07) is 0.0196. The number of nitrogens with zero attached hydrogens (tertiary/aromatic N) is 3. The van der Waals surface area contributed by atoms with Gasteiger partial charge in [0.2, 0.25) is 5.91 Å². The van der Waals surface area contributed by atoms with Crippen LogP contribution in [-0.2, 0) is 15.0 Å². The summed E-state index contributed by atoms with van der Waals surface area (Å²) in [6.45, 7) is 1.76. The lowest BCUT2D eigenvalue weighted by atomic mass is 9.96. The molecule has 1 saturated carbocycles. The molecule has 2 aliphatic heterocycles. The van der Waals surface area contributed by atoms with Crippen LogP contribution in [0.15, 0.2) is 0 Å². The van der Waals surface area contributed by atoms with Gasteiger partial charge in [0.05, 0.1) is 6.04 Å². The Hall–Kier alpha value is -0.350. The van der Waals surface area contributed by atoms with Crippen molar-refractivity contribution < 1.29 is 13.2 Å². The van der Waals surface area contributed by atoms with Crippen LogP contribution in [0.4, 0.5) is 0 Å². The summed E-state index contributed by atoms with van der Waals surface area (Å²) >= 11 is 1.73. The van der Waals surface area contributed by atoms with Gasteiger partial charge in [-0.3, -0.25) is 10.1 Å². The zero-order chi connectivity index (χ0) is 17.2. The smallest absolute Gasteiger partial charge is 0.282 e. The lowest BCUT2D eigenvalue weighted by molar-refractivity contribution is -0.133. The van der Waals surface area contributed by atoms with Crippen molar-refractivity contribution >= 4 is 27.9 Å². The van der Waals surface area contributed by atoms with Gasteiger partial charge in [-0.2, -0.15) is 17.0 Å². The minimum atomic E-state index is -3.42. The third kappa shape index (κ3) is 3.90. The van der Waals surface area contributed by atoms with E-state index < -0.39 is 10.2 Å². The second-order valence-electron chi connectivity index (χ2n) is 6.81. The third-order valence-corrected chi connectivity index (χ3v) is 8.33. The van der Waals surface area contributed by atoms with Crippen LogP contribution in [0.2, 0.25) is 0 Å². The van der Waals surface area contributed by atoms with Crippen LogP contribution in [0.25, 0.3) is 0 Å². The first kappa shape index (κ1) is 18.4. The molecule has 0 bridgehead atoms. The van der Waals surface area contributed by atoms with E-state index in [1.54, 1.807) is 32.3 Å². The number of hydrogen-bond acceptors (Lipinski definition) is 5. The Morgan fingerprint density at radius 1 is 1.12 bits per heavy atom. The van der Waals surface area contributed by atoms with Gasteiger partial charge < -0.3 is 4.90 Å². The molecular weight excluding hydrogens is 348 g/mol. The molecule has 1 N–H and O–H groups in total. The zero-order valence-electron chi connectivity index (χ0n) is 14.3. The molecule has 1 atom stereocenters. The van der Waals surface area contributed by atoms with E-state index in [9.17, 15) is 13.2 Å². The largest absolute Gasteiger partial charge is 0.339 e. The molecule has 0 radical (unpaired) electrons. The molecule has 1 aliphatic carbocycles. The van der Waals surface area contributed by atoms with Crippen molar-refractivity contribution in [2.75, 3.05) is 44.9 Å². The molecule has 7 nitrogen and oxygen atoms in total. The summed E-state index contributed by atoms with van der Waals surface area (Å²) < 4.78 is 28.8. The Bertz CT molecular complexity index is 537. The van der Waals surface area contributed by atoms with Gasteiger partial charge in [0.15, 0.2) is 0 Å². The number of carbonyl (C=O) groups excluding carboxylic acids is 1. The summed E-state index contributed by atoms with van der Waals surface area (Å²) in [6.07, 6.45) is 5.34. The highest BCUT2D eigenvalue weighted by atomic mass is 32.2. The van der Waals surface area contributed by atoms with Crippen LogP contribution in [0.5, 0.6) is 0 Å². The maximum atomic E-state index is 12.9. The third-order valence-electron chi connectivity index (χ3n) is 5.34. The average Bonchev–Trinajstić information content (AvgIpc) is 3.16. The summed E-state index contributed by atoms with van der Waals surface area (Å²) in [5.41, 5.74) is 0. The standard InChI is InChI=1S/C15H28N4O3S2/c1-17(13-5-3-2-4-6-13)24(21,22)19-9-7-18(8-10-19)15(20)14-11-23-12-16-14/h13-14,16H,2-12H2,1H3. The van der Waals surface area contributed by atoms with Crippen LogP contribution < -0.4 is 5.32 Å². The molecular formula is C15H28N4O3S2. The van der Waals surface area contributed by atoms with Gasteiger partial charge in [-0.1, -0.05) is 19.3 Å². The maximum Gasteiger partial charge on any atom is 0.282 e. The Balaban J connectivity index is 1.55. The average molecular weight is 377 g/mol. The minimum Gasteiger partial charge on any atom is -0.339 e. The number of carbonyl (C=O) groups is 1. The van der Waals surface area contributed by atoms with Gasteiger partial charge in [-0.25, -0.2) is 0 Å². The van der Waals surface area contributed by atoms with E-state index in [2.05, 4.69) is 5.32 Å². The van der Waals surface area contributed by atoms with Crippen LogP contribution in [-0.4, -0.2) is 84.8 Å². The summed E-state index contributed by atoms with van der Waals surface area (Å²) in [4.78, 5) is 14.2. The molecule has 1 unspecified atom stereocenters. The molecule has 0 aromatic carbocycles. The van der Waals surface area contributed by atoms with Gasteiger partial charge in [0, 0.05) is 50.9 Å². The second kappa shape index (κ2) is 7.90. The normalized spacial score (nSPS) is 27.8. The molecule has 3 rings (SSSR count). The molecule has 2 heterocycles. The van der Waals surface area contributed by atoms with Crippen LogP contribution in [0, 0.1) is 0 Å². The van der Waals surface area contributed by atoms with E-state index in [1.807, 2.05) is 0 Å². The van der Waals surface area contributed by atoms with Crippen molar-refractivity contribution in [2.24, 2.45) is 0 Å². The van der Waals surface area contributed by atoms with Crippen molar-refractivity contribution in [3.8, 4) is 0 Å². The fraction of sp³-hybridized carbons (Fsp3) is 0.933. The predicted octanol–water partition coefficient (Wildman–Crippen LogP) is 0.302. The highest BCUT2D eigenvalue weighted by Gasteiger charge is 2.36. The first-order valence-corrected chi connectivity index (χ1v) is 11.4. The van der Waals surface area contributed by atoms with E-state index in [0.29, 0.717) is 26.2 Å². The minimum absolute atomic E-state index is 0.108. The van der Waals surface area contributed by atoms with Crippen LogP contribution in [0.1, 0.15) is 32.1 Å². The molecule has 3 aliphatic rings. The van der Waals surface area contributed by atoms with E-state index >= 15 is 0 Å². The molecule has 0 aromatic heterocycles. The highest BCUT2D eigenvalue weighted by Crippen LogP contribution is 2.25. The van der Waals surface area contributed by atoms with Gasteiger partial charge in [0.1, 0.15) is 0 Å². The SMILES string of the molecule is CN(C1CCCCC1)S(=O)(=O)N1CCN(C(=O)C2CSCN2)CC1. The van der Waals surface area contributed by atoms with Crippen molar-refractivity contribution in [2.45, 2.75) is 44.2 Å². The molecule has 9 heteroatoms. The molecule has 138 valence electrons. The van der Waals surface area contributed by atoms with Crippen molar-refractivity contribution in [3.05, 3.63) is 0 Å². The van der Waals surface area contributed by atoms with E-state index in [4.69, 9.17) is 0 Å². The van der Waals surface area contributed by atoms with Crippen LogP contribution in [0.3, 0.4) is 0 Å². The fourth-order valence-corrected chi connectivity index (χ4v) is 6.24. The van der Waals surface area contributed by atoms with Gasteiger partial charge >= 0.3 is 0 Å². The quantitative estimate of drug-likeness (QED) is 0.764. The topological polar surface area (TPSA) is 73.0 Å². The van der Waals surface area contributed by atoms with Crippen molar-refractivity contribution in [1.29, 1.82) is 0 Å². The molecule has 3 fully saturated rings. The first-order chi connectivity index (χ1) is 11.5. The van der Waals surface area contributed by atoms with E-state index in [0.717, 1.165) is 37.3 Å². The van der Waals surface area contributed by atoms with Gasteiger partial charge in [-0.05, 0) is 12.8 Å². The van der Waals surface area contributed by atoms with Gasteiger partial charge in [-0.15, -0.1) is 11.8 Å². The Morgan fingerprint density at radius 2 is 1.79 bits per heavy atom. The fourth-order valence-electron chi connectivity index (χ4n) is 3.73. The number of rotatable bonds is 4. The molecule has 1 amide bonds. The summed E-state index contributed by atoms with van der Waals surface area (Å²) in [7, 11) is -1.71. The second-order valence-corrected chi connectivity index (χ2v) is 9.83. The highest BCUT2D eigenvalue weighted by molar-refractivity contribution is 7.99. The Morgan fingerprint density at radius 3 is 2.38 bits per heavy atom. The number of hydrogen-bond donors (Lipinski definition) is 1. The lowest BCUT2D eigenvalue weighted by Crippen LogP contribution is -2.57. The predicted molar refractivity (Wildman–Crippen MR) is 96.0 cm³/mol. The number of nitrogens with one attached hydrogen (secondary N) is 1. The number of piperazine rings is 1. The van der Waals surface area contributed by atoms with Crippen molar-refractivity contribution in [3.63, 3.8) is 0 Å². The van der Waals surface area contributed by atoms with E-state index in [-0.39, 0.29) is 18.0 Å². The maximum absolute atomic E-state index is 12.9. The number of amides is 1. The molecule has 2 saturated heterocycles. The zero-order valence-corrected chi connectivity index (χ0v) is 15.9. The number of thioether (sulfide) groups is 1.